The molecule has 1 heterocycles. The predicted molar refractivity (Wildman–Crippen MR) is 67.4 cm³/mol. The van der Waals surface area contributed by atoms with Crippen molar-refractivity contribution in [3.8, 4) is 5.75 Å². The van der Waals surface area contributed by atoms with Gasteiger partial charge in [-0.2, -0.15) is 5.10 Å². The van der Waals surface area contributed by atoms with Gasteiger partial charge in [-0.3, -0.25) is 9.48 Å². The van der Waals surface area contributed by atoms with E-state index >= 15 is 0 Å². The van der Waals surface area contributed by atoms with Gasteiger partial charge < -0.3 is 10.4 Å². The molecular weight excluding hydrogens is 230 g/mol. The molecule has 18 heavy (non-hydrogen) atoms. The lowest BCUT2D eigenvalue weighted by Gasteiger charge is -2.04. The van der Waals surface area contributed by atoms with Crippen LogP contribution in [-0.4, -0.2) is 27.3 Å². The molecule has 1 aromatic carbocycles. The minimum Gasteiger partial charge on any atom is -0.508 e. The highest BCUT2D eigenvalue weighted by Crippen LogP contribution is 2.10. The van der Waals surface area contributed by atoms with E-state index in [1.54, 1.807) is 23.0 Å². The van der Waals surface area contributed by atoms with Gasteiger partial charge in [0.25, 0.3) is 5.91 Å². The molecule has 1 amide bonds. The Hall–Kier alpha value is -2.30. The zero-order valence-corrected chi connectivity index (χ0v) is 10.1. The Labute approximate surface area is 105 Å². The van der Waals surface area contributed by atoms with E-state index in [-0.39, 0.29) is 11.7 Å². The maximum atomic E-state index is 11.7. The third-order valence-corrected chi connectivity index (χ3v) is 2.57. The van der Waals surface area contributed by atoms with Crippen LogP contribution in [0, 0.1) is 0 Å². The number of hydrogen-bond donors (Lipinski definition) is 2. The average Bonchev–Trinajstić information content (AvgIpc) is 2.75. The molecule has 0 aliphatic rings. The maximum Gasteiger partial charge on any atom is 0.251 e. The number of nitrogens with zero attached hydrogens (tertiary/aromatic N) is 2. The van der Waals surface area contributed by atoms with Crippen molar-refractivity contribution in [2.45, 2.75) is 6.42 Å². The molecule has 2 rings (SSSR count). The lowest BCUT2D eigenvalue weighted by Crippen LogP contribution is -2.25. The number of aryl methyl sites for hydroxylation is 1. The number of rotatable bonds is 4. The Balaban J connectivity index is 1.85. The molecule has 2 aromatic rings. The van der Waals surface area contributed by atoms with Crippen LogP contribution in [0.2, 0.25) is 0 Å². The van der Waals surface area contributed by atoms with Crippen molar-refractivity contribution in [2.75, 3.05) is 6.54 Å². The number of benzene rings is 1. The normalized spacial score (nSPS) is 10.3. The van der Waals surface area contributed by atoms with Crippen LogP contribution >= 0.6 is 0 Å². The van der Waals surface area contributed by atoms with Crippen molar-refractivity contribution in [3.05, 3.63) is 47.8 Å². The Morgan fingerprint density at radius 1 is 1.50 bits per heavy atom. The summed E-state index contributed by atoms with van der Waals surface area (Å²) in [5.41, 5.74) is 1.54. The highest BCUT2D eigenvalue weighted by Gasteiger charge is 2.05. The quantitative estimate of drug-likeness (QED) is 0.847. The van der Waals surface area contributed by atoms with Gasteiger partial charge in [0.1, 0.15) is 5.75 Å². The van der Waals surface area contributed by atoms with Gasteiger partial charge in [-0.25, -0.2) is 0 Å². The van der Waals surface area contributed by atoms with E-state index in [0.29, 0.717) is 12.1 Å². The summed E-state index contributed by atoms with van der Waals surface area (Å²) in [5.74, 6) is -0.0929. The minimum atomic E-state index is -0.185. The van der Waals surface area contributed by atoms with Crippen LogP contribution < -0.4 is 5.32 Å². The molecule has 0 atom stereocenters. The molecule has 0 aliphatic carbocycles. The van der Waals surface area contributed by atoms with Crippen LogP contribution in [0.15, 0.2) is 36.7 Å². The summed E-state index contributed by atoms with van der Waals surface area (Å²) in [6, 6.07) is 6.29. The van der Waals surface area contributed by atoms with Crippen LogP contribution in [0.3, 0.4) is 0 Å². The van der Waals surface area contributed by atoms with Crippen molar-refractivity contribution in [1.82, 2.24) is 15.1 Å². The first-order valence-electron chi connectivity index (χ1n) is 5.70. The topological polar surface area (TPSA) is 67.2 Å². The van der Waals surface area contributed by atoms with Crippen LogP contribution in [-0.2, 0) is 13.5 Å². The highest BCUT2D eigenvalue weighted by atomic mass is 16.3. The summed E-state index contributed by atoms with van der Waals surface area (Å²) in [7, 11) is 1.86. The SMILES string of the molecule is Cn1cc(CCNC(=O)c2cccc(O)c2)cn1. The molecule has 1 aromatic heterocycles. The van der Waals surface area contributed by atoms with Gasteiger partial charge in [-0.05, 0) is 30.2 Å². The number of amides is 1. The van der Waals surface area contributed by atoms with E-state index in [2.05, 4.69) is 10.4 Å². The minimum absolute atomic E-state index is 0.0925. The van der Waals surface area contributed by atoms with Gasteiger partial charge in [0.15, 0.2) is 0 Å². The fourth-order valence-corrected chi connectivity index (χ4v) is 1.67. The molecule has 0 fully saturated rings. The van der Waals surface area contributed by atoms with E-state index in [4.69, 9.17) is 0 Å². The number of aromatic nitrogens is 2. The van der Waals surface area contributed by atoms with E-state index in [9.17, 15) is 9.90 Å². The molecule has 0 bridgehead atoms. The number of aromatic hydroxyl groups is 1. The molecule has 0 unspecified atom stereocenters. The smallest absolute Gasteiger partial charge is 0.251 e. The highest BCUT2D eigenvalue weighted by molar-refractivity contribution is 5.94. The van der Waals surface area contributed by atoms with Crippen LogP contribution in [0.5, 0.6) is 5.75 Å². The molecule has 0 radical (unpaired) electrons. The molecule has 5 heteroatoms. The van der Waals surface area contributed by atoms with E-state index in [1.165, 1.54) is 12.1 Å². The number of hydrogen-bond acceptors (Lipinski definition) is 3. The summed E-state index contributed by atoms with van der Waals surface area (Å²) >= 11 is 0. The van der Waals surface area contributed by atoms with Crippen molar-refractivity contribution in [1.29, 1.82) is 0 Å². The van der Waals surface area contributed by atoms with Crippen molar-refractivity contribution in [3.63, 3.8) is 0 Å². The molecule has 94 valence electrons. The first-order valence-corrected chi connectivity index (χ1v) is 5.70. The van der Waals surface area contributed by atoms with Crippen LogP contribution in [0.4, 0.5) is 0 Å². The lowest BCUT2D eigenvalue weighted by atomic mass is 10.2. The summed E-state index contributed by atoms with van der Waals surface area (Å²) < 4.78 is 1.73. The van der Waals surface area contributed by atoms with Gasteiger partial charge in [-0.1, -0.05) is 6.07 Å². The van der Waals surface area contributed by atoms with Crippen molar-refractivity contribution >= 4 is 5.91 Å². The van der Waals surface area contributed by atoms with Gasteiger partial charge in [0.05, 0.1) is 6.20 Å². The first-order chi connectivity index (χ1) is 8.65. The summed E-state index contributed by atoms with van der Waals surface area (Å²) in [4.78, 5) is 11.7. The third-order valence-electron chi connectivity index (χ3n) is 2.57. The van der Waals surface area contributed by atoms with Gasteiger partial charge in [0, 0.05) is 25.4 Å². The van der Waals surface area contributed by atoms with Crippen molar-refractivity contribution < 1.29 is 9.90 Å². The molecule has 0 saturated carbocycles. The van der Waals surface area contributed by atoms with Gasteiger partial charge in [-0.15, -0.1) is 0 Å². The van der Waals surface area contributed by atoms with Gasteiger partial charge in [0.2, 0.25) is 0 Å². The monoisotopic (exact) mass is 245 g/mol. The van der Waals surface area contributed by atoms with Crippen LogP contribution in [0.1, 0.15) is 15.9 Å². The Morgan fingerprint density at radius 3 is 3.00 bits per heavy atom. The second-order valence-corrected chi connectivity index (χ2v) is 4.08. The molecule has 0 saturated heterocycles. The third kappa shape index (κ3) is 3.10. The second kappa shape index (κ2) is 5.35. The predicted octanol–water partition coefficient (Wildman–Crippen LogP) is 1.10. The number of nitrogens with one attached hydrogen (secondary N) is 1. The standard InChI is InChI=1S/C13H15N3O2/c1-16-9-10(8-15-16)5-6-14-13(18)11-3-2-4-12(17)7-11/h2-4,7-9,17H,5-6H2,1H3,(H,14,18). The fraction of sp³-hybridized carbons (Fsp3) is 0.231. The molecule has 5 nitrogen and oxygen atoms in total. The van der Waals surface area contributed by atoms with Gasteiger partial charge >= 0.3 is 0 Å². The average molecular weight is 245 g/mol. The zero-order chi connectivity index (χ0) is 13.0. The van der Waals surface area contributed by atoms with E-state index in [0.717, 1.165) is 12.0 Å². The number of carbonyl (C=O) groups excluding carboxylic acids is 1. The first kappa shape index (κ1) is 12.2. The number of phenols is 1. The number of phenolic OH excluding ortho intramolecular Hbond substituents is 1. The maximum absolute atomic E-state index is 11.7. The Bertz CT molecular complexity index is 549. The Morgan fingerprint density at radius 2 is 2.33 bits per heavy atom. The zero-order valence-electron chi connectivity index (χ0n) is 10.1. The molecule has 0 aliphatic heterocycles. The summed E-state index contributed by atoms with van der Waals surface area (Å²) in [5, 5.41) is 16.1. The lowest BCUT2D eigenvalue weighted by molar-refractivity contribution is 0.0953. The van der Waals surface area contributed by atoms with Crippen molar-refractivity contribution in [2.24, 2.45) is 7.05 Å². The van der Waals surface area contributed by atoms with E-state index < -0.39 is 0 Å². The largest absolute Gasteiger partial charge is 0.508 e. The summed E-state index contributed by atoms with van der Waals surface area (Å²) in [6.07, 6.45) is 4.43. The Kier molecular flexibility index (Phi) is 3.62. The molecule has 2 N–H and O–H groups in total. The van der Waals surface area contributed by atoms with Crippen LogP contribution in [0.25, 0.3) is 0 Å². The summed E-state index contributed by atoms with van der Waals surface area (Å²) in [6.45, 7) is 0.542. The molecule has 0 spiro atoms. The molecular formula is C13H15N3O2. The number of carbonyl (C=O) groups is 1. The fourth-order valence-electron chi connectivity index (χ4n) is 1.67. The second-order valence-electron chi connectivity index (χ2n) is 4.08. The van der Waals surface area contributed by atoms with E-state index in [1.807, 2.05) is 13.2 Å².